The predicted octanol–water partition coefficient (Wildman–Crippen LogP) is 1.37. The van der Waals surface area contributed by atoms with Crippen molar-refractivity contribution < 1.29 is 9.90 Å². The average Bonchev–Trinajstić information content (AvgIpc) is 2.23. The summed E-state index contributed by atoms with van der Waals surface area (Å²) in [6.45, 7) is 11.9. The highest BCUT2D eigenvalue weighted by Crippen LogP contribution is 2.22. The Labute approximate surface area is 105 Å². The molecule has 1 heterocycles. The fourth-order valence-corrected chi connectivity index (χ4v) is 2.49. The molecule has 1 rings (SSSR count). The maximum absolute atomic E-state index is 11.2. The summed E-state index contributed by atoms with van der Waals surface area (Å²) in [5.74, 6) is -0.382. The molecular formula is C13H26N2O2. The zero-order chi connectivity index (χ0) is 13.2. The van der Waals surface area contributed by atoms with Crippen molar-refractivity contribution in [2.75, 3.05) is 33.2 Å². The number of carbonyl (C=O) groups is 1. The summed E-state index contributed by atoms with van der Waals surface area (Å²) < 4.78 is 0. The molecule has 0 bridgehead atoms. The van der Waals surface area contributed by atoms with Gasteiger partial charge in [-0.3, -0.25) is 9.69 Å². The third kappa shape index (κ3) is 3.96. The van der Waals surface area contributed by atoms with Crippen molar-refractivity contribution in [2.24, 2.45) is 11.8 Å². The van der Waals surface area contributed by atoms with E-state index in [-0.39, 0.29) is 11.5 Å². The normalized spacial score (nSPS) is 27.1. The van der Waals surface area contributed by atoms with Gasteiger partial charge in [0.05, 0.1) is 5.92 Å². The molecule has 0 aromatic carbocycles. The SMILES string of the molecule is CC(C)CN1CC(C(=O)O)CN(C)C(C)(C)C1. The van der Waals surface area contributed by atoms with E-state index in [0.29, 0.717) is 19.0 Å². The molecule has 1 fully saturated rings. The second-order valence-electron chi connectivity index (χ2n) is 6.32. The first-order valence-corrected chi connectivity index (χ1v) is 6.39. The van der Waals surface area contributed by atoms with Gasteiger partial charge < -0.3 is 10.0 Å². The second-order valence-corrected chi connectivity index (χ2v) is 6.32. The van der Waals surface area contributed by atoms with Crippen molar-refractivity contribution >= 4 is 5.97 Å². The number of hydrogen-bond acceptors (Lipinski definition) is 3. The quantitative estimate of drug-likeness (QED) is 0.812. The van der Waals surface area contributed by atoms with E-state index in [1.54, 1.807) is 0 Å². The van der Waals surface area contributed by atoms with Crippen LogP contribution in [-0.4, -0.2) is 59.6 Å². The molecule has 100 valence electrons. The Morgan fingerprint density at radius 3 is 2.47 bits per heavy atom. The first kappa shape index (κ1) is 14.5. The summed E-state index contributed by atoms with van der Waals surface area (Å²) in [6, 6.07) is 0. The molecule has 0 amide bonds. The summed E-state index contributed by atoms with van der Waals surface area (Å²) in [6.07, 6.45) is 0. The van der Waals surface area contributed by atoms with Gasteiger partial charge >= 0.3 is 5.97 Å². The van der Waals surface area contributed by atoms with Gasteiger partial charge in [-0.15, -0.1) is 0 Å². The molecule has 0 spiro atoms. The van der Waals surface area contributed by atoms with Gasteiger partial charge in [0.25, 0.3) is 0 Å². The summed E-state index contributed by atoms with van der Waals surface area (Å²) in [7, 11) is 2.02. The third-order valence-electron chi connectivity index (χ3n) is 3.59. The van der Waals surface area contributed by atoms with Gasteiger partial charge in [0.2, 0.25) is 0 Å². The standard InChI is InChI=1S/C13H26N2O2/c1-10(2)6-15-8-11(12(16)17)7-14(5)13(3,4)9-15/h10-11H,6-9H2,1-5H3,(H,16,17). The lowest BCUT2D eigenvalue weighted by molar-refractivity contribution is -0.142. The lowest BCUT2D eigenvalue weighted by Gasteiger charge is -2.36. The Morgan fingerprint density at radius 2 is 2.00 bits per heavy atom. The molecule has 4 nitrogen and oxygen atoms in total. The number of carboxylic acids is 1. The topological polar surface area (TPSA) is 43.8 Å². The van der Waals surface area contributed by atoms with E-state index in [4.69, 9.17) is 0 Å². The van der Waals surface area contributed by atoms with Gasteiger partial charge in [-0.05, 0) is 26.8 Å². The van der Waals surface area contributed by atoms with Crippen molar-refractivity contribution in [2.45, 2.75) is 33.2 Å². The Morgan fingerprint density at radius 1 is 1.41 bits per heavy atom. The van der Waals surface area contributed by atoms with E-state index in [1.807, 2.05) is 7.05 Å². The minimum Gasteiger partial charge on any atom is -0.481 e. The van der Waals surface area contributed by atoms with Crippen molar-refractivity contribution in [3.63, 3.8) is 0 Å². The van der Waals surface area contributed by atoms with E-state index in [9.17, 15) is 9.90 Å². The molecular weight excluding hydrogens is 216 g/mol. The zero-order valence-corrected chi connectivity index (χ0v) is 11.7. The molecule has 0 saturated carbocycles. The fourth-order valence-electron chi connectivity index (χ4n) is 2.49. The third-order valence-corrected chi connectivity index (χ3v) is 3.59. The molecule has 1 aliphatic rings. The molecule has 0 aromatic rings. The first-order valence-electron chi connectivity index (χ1n) is 6.39. The van der Waals surface area contributed by atoms with Crippen LogP contribution in [0.25, 0.3) is 0 Å². The number of carboxylic acid groups (broad SMARTS) is 1. The first-order chi connectivity index (χ1) is 7.72. The van der Waals surface area contributed by atoms with E-state index in [0.717, 1.165) is 13.1 Å². The predicted molar refractivity (Wildman–Crippen MR) is 69.1 cm³/mol. The van der Waals surface area contributed by atoms with Gasteiger partial charge in [-0.1, -0.05) is 13.8 Å². The molecule has 1 saturated heterocycles. The molecule has 0 radical (unpaired) electrons. The number of rotatable bonds is 3. The molecule has 0 aliphatic carbocycles. The van der Waals surface area contributed by atoms with E-state index < -0.39 is 5.97 Å². The Hall–Kier alpha value is -0.610. The molecule has 1 unspecified atom stereocenters. The highest BCUT2D eigenvalue weighted by atomic mass is 16.4. The molecule has 1 aliphatic heterocycles. The van der Waals surface area contributed by atoms with E-state index in [2.05, 4.69) is 37.5 Å². The highest BCUT2D eigenvalue weighted by Gasteiger charge is 2.35. The van der Waals surface area contributed by atoms with Crippen LogP contribution >= 0.6 is 0 Å². The molecule has 17 heavy (non-hydrogen) atoms. The molecule has 1 atom stereocenters. The fraction of sp³-hybridized carbons (Fsp3) is 0.923. The number of nitrogens with zero attached hydrogens (tertiary/aromatic N) is 2. The summed E-state index contributed by atoms with van der Waals surface area (Å²) >= 11 is 0. The number of likely N-dealkylation sites (N-methyl/N-ethyl adjacent to an activating group) is 1. The van der Waals surface area contributed by atoms with Crippen molar-refractivity contribution in [3.8, 4) is 0 Å². The maximum atomic E-state index is 11.2. The molecule has 4 heteroatoms. The summed E-state index contributed by atoms with van der Waals surface area (Å²) in [5.41, 5.74) is 0.0408. The number of hydrogen-bond donors (Lipinski definition) is 1. The van der Waals surface area contributed by atoms with Gasteiger partial charge in [0, 0.05) is 31.7 Å². The lowest BCUT2D eigenvalue weighted by Crippen LogP contribution is -2.48. The Kier molecular flexibility index (Phi) is 4.55. The van der Waals surface area contributed by atoms with Gasteiger partial charge in [-0.2, -0.15) is 0 Å². The van der Waals surface area contributed by atoms with Gasteiger partial charge in [0.15, 0.2) is 0 Å². The maximum Gasteiger partial charge on any atom is 0.309 e. The van der Waals surface area contributed by atoms with E-state index >= 15 is 0 Å². The van der Waals surface area contributed by atoms with Crippen LogP contribution in [0.15, 0.2) is 0 Å². The van der Waals surface area contributed by atoms with Gasteiger partial charge in [0.1, 0.15) is 0 Å². The number of aliphatic carboxylic acids is 1. The second kappa shape index (κ2) is 5.36. The largest absolute Gasteiger partial charge is 0.481 e. The lowest BCUT2D eigenvalue weighted by atomic mass is 10.0. The Bertz CT molecular complexity index is 277. The van der Waals surface area contributed by atoms with E-state index in [1.165, 1.54) is 0 Å². The van der Waals surface area contributed by atoms with Crippen LogP contribution in [0.3, 0.4) is 0 Å². The van der Waals surface area contributed by atoms with Crippen molar-refractivity contribution in [1.82, 2.24) is 9.80 Å². The van der Waals surface area contributed by atoms with Crippen LogP contribution < -0.4 is 0 Å². The Balaban J connectivity index is 2.81. The van der Waals surface area contributed by atoms with Crippen LogP contribution in [0.2, 0.25) is 0 Å². The van der Waals surface area contributed by atoms with Crippen LogP contribution in [-0.2, 0) is 4.79 Å². The average molecular weight is 242 g/mol. The van der Waals surface area contributed by atoms with Crippen LogP contribution in [0.1, 0.15) is 27.7 Å². The monoisotopic (exact) mass is 242 g/mol. The minimum absolute atomic E-state index is 0.0408. The van der Waals surface area contributed by atoms with Crippen LogP contribution in [0.5, 0.6) is 0 Å². The van der Waals surface area contributed by atoms with Crippen LogP contribution in [0.4, 0.5) is 0 Å². The van der Waals surface area contributed by atoms with Crippen molar-refractivity contribution in [1.29, 1.82) is 0 Å². The molecule has 1 N–H and O–H groups in total. The van der Waals surface area contributed by atoms with Crippen molar-refractivity contribution in [3.05, 3.63) is 0 Å². The van der Waals surface area contributed by atoms with Gasteiger partial charge in [-0.25, -0.2) is 0 Å². The minimum atomic E-state index is -0.677. The zero-order valence-electron chi connectivity index (χ0n) is 11.7. The van der Waals surface area contributed by atoms with Crippen LogP contribution in [0, 0.1) is 11.8 Å². The molecule has 0 aromatic heterocycles. The summed E-state index contributed by atoms with van der Waals surface area (Å²) in [5, 5.41) is 9.25. The summed E-state index contributed by atoms with van der Waals surface area (Å²) in [4.78, 5) is 15.7. The highest BCUT2D eigenvalue weighted by molar-refractivity contribution is 5.70. The smallest absolute Gasteiger partial charge is 0.309 e.